The largest absolute Gasteiger partial charge is 0.364 e. The van der Waals surface area contributed by atoms with E-state index in [0.29, 0.717) is 6.54 Å². The summed E-state index contributed by atoms with van der Waals surface area (Å²) in [6, 6.07) is 3.46. The third kappa shape index (κ3) is 3.86. The van der Waals surface area contributed by atoms with Crippen molar-refractivity contribution in [3.63, 3.8) is 0 Å². The number of amides is 2. The van der Waals surface area contributed by atoms with E-state index in [1.807, 2.05) is 12.1 Å². The molecule has 1 rings (SSSR count). The number of rotatable bonds is 4. The molecule has 1 aromatic rings. The molecular formula is C9H13N3O2. The summed E-state index contributed by atoms with van der Waals surface area (Å²) >= 11 is 0. The highest BCUT2D eigenvalue weighted by atomic mass is 16.5. The molecule has 0 aromatic carbocycles. The van der Waals surface area contributed by atoms with Crippen LogP contribution >= 0.6 is 0 Å². The second kappa shape index (κ2) is 5.93. The first-order valence-electron chi connectivity index (χ1n) is 4.22. The molecule has 0 unspecified atom stereocenters. The molecule has 0 atom stereocenters. The highest BCUT2D eigenvalue weighted by molar-refractivity contribution is 5.73. The lowest BCUT2D eigenvalue weighted by molar-refractivity contribution is 0.172. The molecule has 0 fully saturated rings. The number of pyridine rings is 1. The van der Waals surface area contributed by atoms with Gasteiger partial charge in [-0.2, -0.15) is 0 Å². The van der Waals surface area contributed by atoms with Gasteiger partial charge in [0.25, 0.3) is 0 Å². The van der Waals surface area contributed by atoms with Crippen molar-refractivity contribution in [3.05, 3.63) is 30.1 Å². The zero-order chi connectivity index (χ0) is 10.2. The summed E-state index contributed by atoms with van der Waals surface area (Å²) in [6.07, 6.45) is 3.39. The van der Waals surface area contributed by atoms with Gasteiger partial charge in [0.1, 0.15) is 6.73 Å². The van der Waals surface area contributed by atoms with E-state index in [-0.39, 0.29) is 12.8 Å². The minimum absolute atomic E-state index is 0.207. The van der Waals surface area contributed by atoms with Gasteiger partial charge in [0.15, 0.2) is 0 Å². The number of carbonyl (C=O) groups excluding carboxylic acids is 1. The molecule has 2 amide bonds. The molecule has 5 nitrogen and oxygen atoms in total. The average molecular weight is 195 g/mol. The molecule has 1 heterocycles. The lowest BCUT2D eigenvalue weighted by Crippen LogP contribution is -2.36. The van der Waals surface area contributed by atoms with Crippen molar-refractivity contribution in [1.29, 1.82) is 0 Å². The fraction of sp³-hybridized carbons (Fsp3) is 0.333. The number of nitrogens with zero attached hydrogens (tertiary/aromatic N) is 1. The maximum absolute atomic E-state index is 11.1. The van der Waals surface area contributed by atoms with Crippen LogP contribution in [0.4, 0.5) is 4.79 Å². The molecule has 0 aliphatic carbocycles. The highest BCUT2D eigenvalue weighted by Gasteiger charge is 1.97. The molecule has 0 saturated carbocycles. The van der Waals surface area contributed by atoms with Gasteiger partial charge in [-0.05, 0) is 11.6 Å². The van der Waals surface area contributed by atoms with Crippen LogP contribution in [-0.2, 0) is 11.3 Å². The Hall–Kier alpha value is -1.62. The highest BCUT2D eigenvalue weighted by Crippen LogP contribution is 1.93. The number of carbonyl (C=O) groups is 1. The lowest BCUT2D eigenvalue weighted by atomic mass is 10.3. The number of methoxy groups -OCH3 is 1. The van der Waals surface area contributed by atoms with E-state index in [0.717, 1.165) is 5.56 Å². The van der Waals surface area contributed by atoms with Crippen LogP contribution in [0.25, 0.3) is 0 Å². The van der Waals surface area contributed by atoms with Gasteiger partial charge >= 0.3 is 6.03 Å². The van der Waals surface area contributed by atoms with Gasteiger partial charge in [0.05, 0.1) is 0 Å². The van der Waals surface area contributed by atoms with Gasteiger partial charge in [-0.1, -0.05) is 6.07 Å². The minimum Gasteiger partial charge on any atom is -0.364 e. The van der Waals surface area contributed by atoms with Crippen molar-refractivity contribution in [1.82, 2.24) is 15.6 Å². The van der Waals surface area contributed by atoms with Crippen molar-refractivity contribution in [3.8, 4) is 0 Å². The van der Waals surface area contributed by atoms with Crippen molar-refractivity contribution in [2.75, 3.05) is 13.8 Å². The van der Waals surface area contributed by atoms with Crippen LogP contribution in [-0.4, -0.2) is 24.9 Å². The van der Waals surface area contributed by atoms with Crippen LogP contribution in [0.5, 0.6) is 0 Å². The molecule has 0 aliphatic rings. The first-order chi connectivity index (χ1) is 6.83. The number of aromatic nitrogens is 1. The van der Waals surface area contributed by atoms with Gasteiger partial charge in [-0.25, -0.2) is 4.79 Å². The summed E-state index contributed by atoms with van der Waals surface area (Å²) in [5, 5.41) is 5.17. The number of urea groups is 1. The molecule has 5 heteroatoms. The summed E-state index contributed by atoms with van der Waals surface area (Å²) in [5.74, 6) is 0. The number of ether oxygens (including phenoxy) is 1. The average Bonchev–Trinajstić information content (AvgIpc) is 2.25. The van der Waals surface area contributed by atoms with Gasteiger partial charge < -0.3 is 15.4 Å². The summed E-state index contributed by atoms with van der Waals surface area (Å²) in [6.45, 7) is 0.669. The standard InChI is InChI=1S/C9H13N3O2/c1-14-7-12-9(13)11-6-8-3-2-4-10-5-8/h2-5H,6-7H2,1H3,(H2,11,12,13). The van der Waals surface area contributed by atoms with Gasteiger partial charge in [-0.3, -0.25) is 4.98 Å². The molecule has 0 radical (unpaired) electrons. The zero-order valence-corrected chi connectivity index (χ0v) is 7.99. The SMILES string of the molecule is COCNC(=O)NCc1cccnc1. The van der Waals surface area contributed by atoms with E-state index in [4.69, 9.17) is 0 Å². The molecule has 2 N–H and O–H groups in total. The Morgan fingerprint density at radius 3 is 3.07 bits per heavy atom. The van der Waals surface area contributed by atoms with Gasteiger partial charge in [0, 0.05) is 26.0 Å². The Morgan fingerprint density at radius 2 is 2.43 bits per heavy atom. The number of hydrogen-bond acceptors (Lipinski definition) is 3. The Bertz CT molecular complexity index is 277. The summed E-state index contributed by atoms with van der Waals surface area (Å²) in [4.78, 5) is 15.0. The molecule has 14 heavy (non-hydrogen) atoms. The van der Waals surface area contributed by atoms with Crippen LogP contribution in [0, 0.1) is 0 Å². The van der Waals surface area contributed by atoms with Crippen LogP contribution < -0.4 is 10.6 Å². The van der Waals surface area contributed by atoms with Crippen molar-refractivity contribution in [2.24, 2.45) is 0 Å². The molecule has 0 aliphatic heterocycles. The Balaban J connectivity index is 2.24. The van der Waals surface area contributed by atoms with E-state index in [2.05, 4.69) is 20.4 Å². The molecule has 76 valence electrons. The van der Waals surface area contributed by atoms with Crippen LogP contribution in [0.2, 0.25) is 0 Å². The lowest BCUT2D eigenvalue weighted by Gasteiger charge is -2.05. The second-order valence-electron chi connectivity index (χ2n) is 2.65. The predicted octanol–water partition coefficient (Wildman–Crippen LogP) is 0.485. The number of nitrogens with one attached hydrogen (secondary N) is 2. The van der Waals surface area contributed by atoms with Crippen LogP contribution in [0.1, 0.15) is 5.56 Å². The molecule has 0 saturated heterocycles. The minimum atomic E-state index is -0.254. The normalized spacial score (nSPS) is 9.50. The van der Waals surface area contributed by atoms with Crippen molar-refractivity contribution in [2.45, 2.75) is 6.54 Å². The topological polar surface area (TPSA) is 63.2 Å². The maximum atomic E-state index is 11.1. The van der Waals surface area contributed by atoms with E-state index in [9.17, 15) is 4.79 Å². The third-order valence-corrected chi connectivity index (χ3v) is 1.55. The van der Waals surface area contributed by atoms with Gasteiger partial charge in [0.2, 0.25) is 0 Å². The van der Waals surface area contributed by atoms with Crippen molar-refractivity contribution < 1.29 is 9.53 Å². The smallest absolute Gasteiger partial charge is 0.316 e. The van der Waals surface area contributed by atoms with Crippen LogP contribution in [0.15, 0.2) is 24.5 Å². The Morgan fingerprint density at radius 1 is 1.57 bits per heavy atom. The molecular weight excluding hydrogens is 182 g/mol. The maximum Gasteiger partial charge on any atom is 0.316 e. The molecule has 0 spiro atoms. The fourth-order valence-corrected chi connectivity index (χ4v) is 0.885. The van der Waals surface area contributed by atoms with E-state index in [1.165, 1.54) is 7.11 Å². The third-order valence-electron chi connectivity index (χ3n) is 1.55. The Labute approximate surface area is 82.5 Å². The molecule has 0 bridgehead atoms. The van der Waals surface area contributed by atoms with E-state index in [1.54, 1.807) is 12.4 Å². The fourth-order valence-electron chi connectivity index (χ4n) is 0.885. The number of hydrogen-bond donors (Lipinski definition) is 2. The predicted molar refractivity (Wildman–Crippen MR) is 51.5 cm³/mol. The first-order valence-corrected chi connectivity index (χ1v) is 4.22. The zero-order valence-electron chi connectivity index (χ0n) is 7.99. The molecule has 1 aromatic heterocycles. The second-order valence-corrected chi connectivity index (χ2v) is 2.65. The monoisotopic (exact) mass is 195 g/mol. The van der Waals surface area contributed by atoms with Crippen molar-refractivity contribution >= 4 is 6.03 Å². The van der Waals surface area contributed by atoms with Gasteiger partial charge in [-0.15, -0.1) is 0 Å². The summed E-state index contributed by atoms with van der Waals surface area (Å²) in [5.41, 5.74) is 0.958. The summed E-state index contributed by atoms with van der Waals surface area (Å²) in [7, 11) is 1.52. The quantitative estimate of drug-likeness (QED) is 0.687. The van der Waals surface area contributed by atoms with E-state index < -0.39 is 0 Å². The Kier molecular flexibility index (Phi) is 4.43. The van der Waals surface area contributed by atoms with E-state index >= 15 is 0 Å². The van der Waals surface area contributed by atoms with Crippen LogP contribution in [0.3, 0.4) is 0 Å². The first kappa shape index (κ1) is 10.5. The summed E-state index contributed by atoms with van der Waals surface area (Å²) < 4.78 is 4.68.